The van der Waals surface area contributed by atoms with E-state index < -0.39 is 6.17 Å². The average molecular weight is 160 g/mol. The van der Waals surface area contributed by atoms with E-state index in [0.29, 0.717) is 13.0 Å². The first-order chi connectivity index (χ1) is 5.11. The lowest BCUT2D eigenvalue weighted by molar-refractivity contribution is -0.119. The maximum absolute atomic E-state index is 12.7. The van der Waals surface area contributed by atoms with Gasteiger partial charge in [0, 0.05) is 12.5 Å². The highest BCUT2D eigenvalue weighted by Crippen LogP contribution is 2.19. The summed E-state index contributed by atoms with van der Waals surface area (Å²) in [6, 6.07) is -0.321. The Morgan fingerprint density at radius 3 is 2.73 bits per heavy atom. The zero-order valence-corrected chi connectivity index (χ0v) is 6.51. The predicted molar refractivity (Wildman–Crippen MR) is 39.7 cm³/mol. The van der Waals surface area contributed by atoms with Gasteiger partial charge in [-0.15, -0.1) is 0 Å². The standard InChI is InChI=1S/C7H13FN2O/c1-4(8)5-2-6(7(9)11)10-3-5/h4-6,10H,2-3H2,1H3,(H2,9,11)/t4-,5?,6-/m0/s1. The third-order valence-electron chi connectivity index (χ3n) is 2.16. The van der Waals surface area contributed by atoms with Crippen LogP contribution in [0.2, 0.25) is 0 Å². The molecule has 0 aromatic rings. The highest BCUT2D eigenvalue weighted by molar-refractivity contribution is 5.80. The number of alkyl halides is 1. The van der Waals surface area contributed by atoms with Gasteiger partial charge < -0.3 is 11.1 Å². The SMILES string of the molecule is C[C@H](F)C1CN[C@H](C(N)=O)C1. The maximum atomic E-state index is 12.7. The van der Waals surface area contributed by atoms with Crippen LogP contribution in [-0.2, 0) is 4.79 Å². The Balaban J connectivity index is 2.41. The van der Waals surface area contributed by atoms with Crippen LogP contribution in [0.5, 0.6) is 0 Å². The number of nitrogens with one attached hydrogen (secondary N) is 1. The quantitative estimate of drug-likeness (QED) is 0.588. The topological polar surface area (TPSA) is 55.1 Å². The van der Waals surface area contributed by atoms with E-state index in [1.807, 2.05) is 0 Å². The van der Waals surface area contributed by atoms with E-state index in [9.17, 15) is 9.18 Å². The summed E-state index contributed by atoms with van der Waals surface area (Å²) in [5.74, 6) is -0.430. The second kappa shape index (κ2) is 3.17. The molecule has 1 amide bonds. The van der Waals surface area contributed by atoms with Crippen LogP contribution in [0.4, 0.5) is 4.39 Å². The number of halogens is 1. The minimum absolute atomic E-state index is 0.0486. The molecule has 1 heterocycles. The van der Waals surface area contributed by atoms with Crippen molar-refractivity contribution < 1.29 is 9.18 Å². The molecule has 1 rings (SSSR count). The largest absolute Gasteiger partial charge is 0.368 e. The monoisotopic (exact) mass is 160 g/mol. The van der Waals surface area contributed by atoms with Crippen LogP contribution in [0, 0.1) is 5.92 Å². The lowest BCUT2D eigenvalue weighted by Gasteiger charge is -2.08. The molecule has 3 N–H and O–H groups in total. The third-order valence-corrected chi connectivity index (χ3v) is 2.16. The van der Waals surface area contributed by atoms with Crippen molar-refractivity contribution in [2.45, 2.75) is 25.6 Å². The molecule has 1 unspecified atom stereocenters. The minimum atomic E-state index is -0.855. The number of carbonyl (C=O) groups is 1. The minimum Gasteiger partial charge on any atom is -0.368 e. The Labute approximate surface area is 65.1 Å². The first-order valence-electron chi connectivity index (χ1n) is 3.78. The molecule has 1 fully saturated rings. The maximum Gasteiger partial charge on any atom is 0.234 e. The highest BCUT2D eigenvalue weighted by atomic mass is 19.1. The number of hydrogen-bond donors (Lipinski definition) is 2. The van der Waals surface area contributed by atoms with Gasteiger partial charge in [-0.1, -0.05) is 0 Å². The average Bonchev–Trinajstić information content (AvgIpc) is 2.33. The van der Waals surface area contributed by atoms with Crippen molar-refractivity contribution in [3.63, 3.8) is 0 Å². The fraction of sp³-hybridized carbons (Fsp3) is 0.857. The highest BCUT2D eigenvalue weighted by Gasteiger charge is 2.30. The van der Waals surface area contributed by atoms with Gasteiger partial charge in [0.15, 0.2) is 0 Å². The Morgan fingerprint density at radius 2 is 2.45 bits per heavy atom. The third kappa shape index (κ3) is 1.89. The van der Waals surface area contributed by atoms with E-state index in [1.54, 1.807) is 0 Å². The second-order valence-corrected chi connectivity index (χ2v) is 3.04. The van der Waals surface area contributed by atoms with Gasteiger partial charge in [-0.05, 0) is 13.3 Å². The molecule has 3 atom stereocenters. The number of amides is 1. The van der Waals surface area contributed by atoms with Crippen LogP contribution in [0.15, 0.2) is 0 Å². The van der Waals surface area contributed by atoms with E-state index in [1.165, 1.54) is 6.92 Å². The molecule has 0 radical (unpaired) electrons. The first-order valence-corrected chi connectivity index (χ1v) is 3.78. The van der Waals surface area contributed by atoms with Crippen molar-refractivity contribution >= 4 is 5.91 Å². The van der Waals surface area contributed by atoms with Crippen molar-refractivity contribution in [2.75, 3.05) is 6.54 Å². The van der Waals surface area contributed by atoms with Crippen LogP contribution in [0.3, 0.4) is 0 Å². The van der Waals surface area contributed by atoms with E-state index in [4.69, 9.17) is 5.73 Å². The van der Waals surface area contributed by atoms with E-state index in [2.05, 4.69) is 5.32 Å². The Hall–Kier alpha value is -0.640. The summed E-state index contributed by atoms with van der Waals surface area (Å²) in [7, 11) is 0. The fourth-order valence-electron chi connectivity index (χ4n) is 1.33. The van der Waals surface area contributed by atoms with E-state index >= 15 is 0 Å². The summed E-state index contributed by atoms with van der Waals surface area (Å²) in [5, 5.41) is 2.87. The molecule has 1 aliphatic rings. The number of primary amides is 1. The Bertz CT molecular complexity index is 161. The van der Waals surface area contributed by atoms with Gasteiger partial charge in [0.05, 0.1) is 6.04 Å². The van der Waals surface area contributed by atoms with Gasteiger partial charge >= 0.3 is 0 Å². The molecule has 0 aromatic carbocycles. The van der Waals surface area contributed by atoms with Crippen LogP contribution in [0.1, 0.15) is 13.3 Å². The normalized spacial score (nSPS) is 33.6. The van der Waals surface area contributed by atoms with Crippen molar-refractivity contribution in [3.8, 4) is 0 Å². The van der Waals surface area contributed by atoms with Gasteiger partial charge in [0.1, 0.15) is 6.17 Å². The van der Waals surface area contributed by atoms with Crippen LogP contribution >= 0.6 is 0 Å². The summed E-state index contributed by atoms with van der Waals surface area (Å²) in [6.07, 6.45) is -0.320. The van der Waals surface area contributed by atoms with Gasteiger partial charge in [-0.25, -0.2) is 4.39 Å². The van der Waals surface area contributed by atoms with Gasteiger partial charge in [0.25, 0.3) is 0 Å². The lowest BCUT2D eigenvalue weighted by Crippen LogP contribution is -2.36. The molecule has 11 heavy (non-hydrogen) atoms. The van der Waals surface area contributed by atoms with Crippen LogP contribution < -0.4 is 11.1 Å². The van der Waals surface area contributed by atoms with Crippen LogP contribution in [-0.4, -0.2) is 24.7 Å². The number of nitrogens with two attached hydrogens (primary N) is 1. The molecule has 0 saturated carbocycles. The lowest BCUT2D eigenvalue weighted by atomic mass is 10.0. The first kappa shape index (κ1) is 8.46. The van der Waals surface area contributed by atoms with Crippen molar-refractivity contribution in [1.29, 1.82) is 0 Å². The predicted octanol–water partition coefficient (Wildman–Crippen LogP) is -0.192. The van der Waals surface area contributed by atoms with Gasteiger partial charge in [-0.3, -0.25) is 4.79 Å². The number of rotatable bonds is 2. The molecule has 3 nitrogen and oxygen atoms in total. The molecule has 0 bridgehead atoms. The molecular weight excluding hydrogens is 147 g/mol. The Kier molecular flexibility index (Phi) is 2.44. The van der Waals surface area contributed by atoms with E-state index in [-0.39, 0.29) is 17.9 Å². The molecule has 1 aliphatic heterocycles. The Morgan fingerprint density at radius 1 is 1.82 bits per heavy atom. The van der Waals surface area contributed by atoms with Gasteiger partial charge in [0.2, 0.25) is 5.91 Å². The summed E-state index contributed by atoms with van der Waals surface area (Å²) < 4.78 is 12.7. The molecule has 0 spiro atoms. The van der Waals surface area contributed by atoms with Crippen molar-refractivity contribution in [2.24, 2.45) is 11.7 Å². The summed E-state index contributed by atoms with van der Waals surface area (Å²) in [5.41, 5.74) is 5.04. The summed E-state index contributed by atoms with van der Waals surface area (Å²) in [4.78, 5) is 10.6. The molecule has 0 aliphatic carbocycles. The van der Waals surface area contributed by atoms with Gasteiger partial charge in [-0.2, -0.15) is 0 Å². The van der Waals surface area contributed by atoms with Crippen molar-refractivity contribution in [1.82, 2.24) is 5.32 Å². The zero-order chi connectivity index (χ0) is 8.43. The molecular formula is C7H13FN2O. The smallest absolute Gasteiger partial charge is 0.234 e. The molecule has 1 saturated heterocycles. The van der Waals surface area contributed by atoms with Crippen LogP contribution in [0.25, 0.3) is 0 Å². The zero-order valence-electron chi connectivity index (χ0n) is 6.51. The molecule has 0 aromatic heterocycles. The number of carbonyl (C=O) groups excluding carboxylic acids is 1. The number of hydrogen-bond acceptors (Lipinski definition) is 2. The van der Waals surface area contributed by atoms with E-state index in [0.717, 1.165) is 0 Å². The summed E-state index contributed by atoms with van der Waals surface area (Å²) in [6.45, 7) is 2.07. The van der Waals surface area contributed by atoms with Crippen molar-refractivity contribution in [3.05, 3.63) is 0 Å². The fourth-order valence-corrected chi connectivity index (χ4v) is 1.33. The summed E-state index contributed by atoms with van der Waals surface area (Å²) >= 11 is 0. The molecule has 4 heteroatoms. The molecule has 64 valence electrons. The second-order valence-electron chi connectivity index (χ2n) is 3.04.